The SMILES string of the molecule is CN(C)CC(CNC(=O)c1ccccc1Cn1cc(-c2ccc3cnccc3c2)nn1)c1ccccc1. The number of pyridine rings is 1. The standard InChI is InChI=1S/C30H30N6O/c1-35(2)19-27(22-8-4-3-5-9-22)18-32-30(37)28-11-7-6-10-26(28)20-36-21-29(33-34-36)24-12-13-25-17-31-15-14-23(25)16-24/h3-17,21,27H,18-20H2,1-2H3,(H,32,37). The lowest BCUT2D eigenvalue weighted by molar-refractivity contribution is 0.0948. The van der Waals surface area contributed by atoms with Crippen LogP contribution in [0.15, 0.2) is 97.5 Å². The Balaban J connectivity index is 1.30. The van der Waals surface area contributed by atoms with Gasteiger partial charge in [0.2, 0.25) is 0 Å². The van der Waals surface area contributed by atoms with Crippen molar-refractivity contribution in [1.29, 1.82) is 0 Å². The number of nitrogens with zero attached hydrogens (tertiary/aromatic N) is 5. The second-order valence-electron chi connectivity index (χ2n) is 9.48. The van der Waals surface area contributed by atoms with Crippen LogP contribution in [0.25, 0.3) is 22.0 Å². The Morgan fingerprint density at radius 2 is 1.78 bits per heavy atom. The van der Waals surface area contributed by atoms with Crippen molar-refractivity contribution in [2.24, 2.45) is 0 Å². The average Bonchev–Trinajstić information content (AvgIpc) is 3.39. The second-order valence-corrected chi connectivity index (χ2v) is 9.48. The summed E-state index contributed by atoms with van der Waals surface area (Å²) in [6, 6.07) is 26.1. The van der Waals surface area contributed by atoms with Crippen molar-refractivity contribution in [3.05, 3.63) is 114 Å². The van der Waals surface area contributed by atoms with Crippen LogP contribution in [0.1, 0.15) is 27.4 Å². The van der Waals surface area contributed by atoms with E-state index in [-0.39, 0.29) is 11.8 Å². The van der Waals surface area contributed by atoms with Crippen LogP contribution in [0.3, 0.4) is 0 Å². The van der Waals surface area contributed by atoms with E-state index in [4.69, 9.17) is 0 Å². The van der Waals surface area contributed by atoms with Gasteiger partial charge in [0, 0.05) is 47.9 Å². The summed E-state index contributed by atoms with van der Waals surface area (Å²) in [5.74, 6) is 0.113. The molecule has 186 valence electrons. The second kappa shape index (κ2) is 11.1. The lowest BCUT2D eigenvalue weighted by Gasteiger charge is -2.22. The van der Waals surface area contributed by atoms with Crippen molar-refractivity contribution >= 4 is 16.7 Å². The Bertz CT molecular complexity index is 1490. The molecule has 37 heavy (non-hydrogen) atoms. The predicted octanol–water partition coefficient (Wildman–Crippen LogP) is 4.62. The van der Waals surface area contributed by atoms with Gasteiger partial charge in [-0.3, -0.25) is 9.78 Å². The highest BCUT2D eigenvalue weighted by molar-refractivity contribution is 5.95. The molecule has 1 N–H and O–H groups in total. The zero-order chi connectivity index (χ0) is 25.6. The van der Waals surface area contributed by atoms with Gasteiger partial charge in [0.25, 0.3) is 5.91 Å². The number of nitrogens with one attached hydrogen (secondary N) is 1. The Morgan fingerprint density at radius 3 is 2.62 bits per heavy atom. The van der Waals surface area contributed by atoms with Crippen LogP contribution in [-0.4, -0.2) is 58.0 Å². The van der Waals surface area contributed by atoms with E-state index in [2.05, 4.69) is 57.8 Å². The van der Waals surface area contributed by atoms with Gasteiger partial charge in [-0.15, -0.1) is 5.10 Å². The number of rotatable bonds is 9. The molecule has 0 saturated carbocycles. The molecule has 7 heteroatoms. The minimum absolute atomic E-state index is 0.0845. The number of benzene rings is 3. The fourth-order valence-electron chi connectivity index (χ4n) is 4.57. The van der Waals surface area contributed by atoms with Gasteiger partial charge in [-0.1, -0.05) is 65.9 Å². The van der Waals surface area contributed by atoms with Gasteiger partial charge in [0.05, 0.1) is 12.7 Å². The third-order valence-electron chi connectivity index (χ3n) is 6.43. The molecule has 1 unspecified atom stereocenters. The summed E-state index contributed by atoms with van der Waals surface area (Å²) < 4.78 is 1.77. The van der Waals surface area contributed by atoms with Gasteiger partial charge >= 0.3 is 0 Å². The lowest BCUT2D eigenvalue weighted by atomic mass is 9.98. The van der Waals surface area contributed by atoms with E-state index in [1.807, 2.05) is 73.1 Å². The molecule has 2 aromatic heterocycles. The van der Waals surface area contributed by atoms with Crippen LogP contribution in [0, 0.1) is 0 Å². The van der Waals surface area contributed by atoms with Gasteiger partial charge in [-0.25, -0.2) is 4.68 Å². The van der Waals surface area contributed by atoms with E-state index in [0.717, 1.165) is 34.1 Å². The summed E-state index contributed by atoms with van der Waals surface area (Å²) in [5.41, 5.74) is 4.53. The smallest absolute Gasteiger partial charge is 0.251 e. The Kier molecular flexibility index (Phi) is 7.33. The largest absolute Gasteiger partial charge is 0.351 e. The molecule has 0 bridgehead atoms. The highest BCUT2D eigenvalue weighted by Gasteiger charge is 2.17. The maximum Gasteiger partial charge on any atom is 0.251 e. The molecular weight excluding hydrogens is 460 g/mol. The fraction of sp³-hybridized carbons (Fsp3) is 0.200. The molecular formula is C30H30N6O. The number of likely N-dealkylation sites (N-methyl/N-ethyl adjacent to an activating group) is 1. The molecule has 0 aliphatic heterocycles. The fourth-order valence-corrected chi connectivity index (χ4v) is 4.57. The number of fused-ring (bicyclic) bond motifs is 1. The van der Waals surface area contributed by atoms with Crippen LogP contribution in [0.4, 0.5) is 0 Å². The highest BCUT2D eigenvalue weighted by atomic mass is 16.1. The van der Waals surface area contributed by atoms with E-state index in [9.17, 15) is 4.79 Å². The summed E-state index contributed by atoms with van der Waals surface area (Å²) in [5, 5.41) is 14.1. The van der Waals surface area contributed by atoms with Crippen molar-refractivity contribution in [3.63, 3.8) is 0 Å². The minimum atomic E-state index is -0.0845. The first kappa shape index (κ1) is 24.3. The molecule has 0 radical (unpaired) electrons. The number of carbonyl (C=O) groups is 1. The van der Waals surface area contributed by atoms with E-state index in [1.165, 1.54) is 5.56 Å². The number of hydrogen-bond acceptors (Lipinski definition) is 5. The Hall–Kier alpha value is -4.36. The predicted molar refractivity (Wildman–Crippen MR) is 146 cm³/mol. The Labute approximate surface area is 216 Å². The van der Waals surface area contributed by atoms with E-state index in [1.54, 1.807) is 10.9 Å². The van der Waals surface area contributed by atoms with Crippen molar-refractivity contribution in [2.75, 3.05) is 27.2 Å². The summed E-state index contributed by atoms with van der Waals surface area (Å²) in [4.78, 5) is 19.6. The van der Waals surface area contributed by atoms with Gasteiger partial charge in [0.1, 0.15) is 5.69 Å². The molecule has 1 amide bonds. The van der Waals surface area contributed by atoms with E-state index < -0.39 is 0 Å². The zero-order valence-corrected chi connectivity index (χ0v) is 21.1. The highest BCUT2D eigenvalue weighted by Crippen LogP contribution is 2.23. The van der Waals surface area contributed by atoms with Crippen LogP contribution in [0.5, 0.6) is 0 Å². The molecule has 2 heterocycles. The number of hydrogen-bond donors (Lipinski definition) is 1. The number of carbonyl (C=O) groups excluding carboxylic acids is 1. The first-order chi connectivity index (χ1) is 18.1. The van der Waals surface area contributed by atoms with E-state index >= 15 is 0 Å². The van der Waals surface area contributed by atoms with Crippen molar-refractivity contribution in [3.8, 4) is 11.3 Å². The molecule has 5 aromatic rings. The number of amides is 1. The monoisotopic (exact) mass is 490 g/mol. The zero-order valence-electron chi connectivity index (χ0n) is 21.1. The minimum Gasteiger partial charge on any atom is -0.351 e. The first-order valence-electron chi connectivity index (χ1n) is 12.4. The first-order valence-corrected chi connectivity index (χ1v) is 12.4. The third kappa shape index (κ3) is 5.90. The molecule has 0 aliphatic rings. The van der Waals surface area contributed by atoms with Crippen LogP contribution >= 0.6 is 0 Å². The lowest BCUT2D eigenvalue weighted by Crippen LogP contribution is -2.33. The van der Waals surface area contributed by atoms with Crippen LogP contribution in [0.2, 0.25) is 0 Å². The normalized spacial score (nSPS) is 12.1. The number of aromatic nitrogens is 4. The molecule has 1 atom stereocenters. The summed E-state index contributed by atoms with van der Waals surface area (Å²) >= 11 is 0. The van der Waals surface area contributed by atoms with Crippen LogP contribution in [-0.2, 0) is 6.54 Å². The van der Waals surface area contributed by atoms with Crippen molar-refractivity contribution in [2.45, 2.75) is 12.5 Å². The molecule has 0 saturated heterocycles. The van der Waals surface area contributed by atoms with Crippen LogP contribution < -0.4 is 5.32 Å². The molecule has 5 rings (SSSR count). The average molecular weight is 491 g/mol. The van der Waals surface area contributed by atoms with Gasteiger partial charge in [-0.05, 0) is 48.8 Å². The van der Waals surface area contributed by atoms with Gasteiger partial charge in [-0.2, -0.15) is 0 Å². The van der Waals surface area contributed by atoms with Crippen molar-refractivity contribution < 1.29 is 4.79 Å². The molecule has 7 nitrogen and oxygen atoms in total. The summed E-state index contributed by atoms with van der Waals surface area (Å²) in [6.45, 7) is 1.85. The maximum atomic E-state index is 13.3. The van der Waals surface area contributed by atoms with Gasteiger partial charge in [0.15, 0.2) is 0 Å². The van der Waals surface area contributed by atoms with Crippen molar-refractivity contribution in [1.82, 2.24) is 30.2 Å². The summed E-state index contributed by atoms with van der Waals surface area (Å²) in [7, 11) is 4.10. The quantitative estimate of drug-likeness (QED) is 0.326. The summed E-state index contributed by atoms with van der Waals surface area (Å²) in [6.07, 6.45) is 5.55. The molecule has 0 aliphatic carbocycles. The molecule has 3 aromatic carbocycles. The maximum absolute atomic E-state index is 13.3. The Morgan fingerprint density at radius 1 is 0.973 bits per heavy atom. The molecule has 0 spiro atoms. The topological polar surface area (TPSA) is 75.9 Å². The molecule has 0 fully saturated rings. The van der Waals surface area contributed by atoms with E-state index in [0.29, 0.717) is 18.7 Å². The third-order valence-corrected chi connectivity index (χ3v) is 6.43. The van der Waals surface area contributed by atoms with Gasteiger partial charge < -0.3 is 10.2 Å².